The fraction of sp³-hybridized carbons (Fsp3) is 0.875. The Kier molecular flexibility index (Phi) is 2.10. The topological polar surface area (TPSA) is 23.8 Å². The first-order valence-electron chi connectivity index (χ1n) is 3.71. The van der Waals surface area contributed by atoms with Gasteiger partial charge in [0.15, 0.2) is 0 Å². The first-order valence-corrected chi connectivity index (χ1v) is 3.71. The van der Waals surface area contributed by atoms with E-state index in [-0.39, 0.29) is 0 Å². The van der Waals surface area contributed by atoms with Gasteiger partial charge in [0.2, 0.25) is 0 Å². The fourth-order valence-corrected chi connectivity index (χ4v) is 1.32. The molecule has 0 aliphatic heterocycles. The molecule has 0 aromatic carbocycles. The third-order valence-electron chi connectivity index (χ3n) is 2.37. The molecule has 1 aliphatic rings. The molecule has 9 heavy (non-hydrogen) atoms. The van der Waals surface area contributed by atoms with Crippen molar-refractivity contribution >= 4 is 0 Å². The molecule has 1 atom stereocenters. The van der Waals surface area contributed by atoms with Gasteiger partial charge in [-0.15, -0.1) is 0 Å². The van der Waals surface area contributed by atoms with Gasteiger partial charge in [-0.2, -0.15) is 5.26 Å². The van der Waals surface area contributed by atoms with Gasteiger partial charge in [-0.25, -0.2) is 0 Å². The van der Waals surface area contributed by atoms with Crippen molar-refractivity contribution in [2.24, 2.45) is 11.8 Å². The first kappa shape index (κ1) is 6.61. The van der Waals surface area contributed by atoms with Crippen LogP contribution in [0.25, 0.3) is 0 Å². The lowest BCUT2D eigenvalue weighted by Crippen LogP contribution is -2.18. The number of rotatable bonds is 2. The van der Waals surface area contributed by atoms with Crippen LogP contribution in [0.4, 0.5) is 0 Å². The Morgan fingerprint density at radius 3 is 2.67 bits per heavy atom. The van der Waals surface area contributed by atoms with Crippen LogP contribution in [0.5, 0.6) is 0 Å². The third-order valence-corrected chi connectivity index (χ3v) is 2.37. The maximum absolute atomic E-state index is 8.36. The Bertz CT molecular complexity index is 119. The summed E-state index contributed by atoms with van der Waals surface area (Å²) in [5.74, 6) is 1.54. The summed E-state index contributed by atoms with van der Waals surface area (Å²) < 4.78 is 0. The zero-order chi connectivity index (χ0) is 6.69. The van der Waals surface area contributed by atoms with Gasteiger partial charge in [-0.1, -0.05) is 26.2 Å². The minimum Gasteiger partial charge on any atom is -0.198 e. The van der Waals surface area contributed by atoms with Gasteiger partial charge < -0.3 is 0 Å². The van der Waals surface area contributed by atoms with E-state index < -0.39 is 0 Å². The summed E-state index contributed by atoms with van der Waals surface area (Å²) in [4.78, 5) is 0. The molecule has 1 heteroatoms. The van der Waals surface area contributed by atoms with Crippen LogP contribution in [0.2, 0.25) is 0 Å². The van der Waals surface area contributed by atoms with Gasteiger partial charge in [0.1, 0.15) is 0 Å². The minimum atomic E-state index is 0.656. The van der Waals surface area contributed by atoms with Crippen molar-refractivity contribution < 1.29 is 0 Å². The lowest BCUT2D eigenvalue weighted by Gasteiger charge is -2.29. The SMILES string of the molecule is CC(CC#N)C1CCC1. The van der Waals surface area contributed by atoms with Crippen molar-refractivity contribution in [3.05, 3.63) is 0 Å². The highest BCUT2D eigenvalue weighted by Gasteiger charge is 2.22. The van der Waals surface area contributed by atoms with Gasteiger partial charge in [0.05, 0.1) is 6.07 Å². The maximum atomic E-state index is 8.36. The van der Waals surface area contributed by atoms with Crippen molar-refractivity contribution in [1.29, 1.82) is 5.26 Å². The zero-order valence-corrected chi connectivity index (χ0v) is 5.93. The molecule has 1 aliphatic carbocycles. The third kappa shape index (κ3) is 1.45. The number of nitrogens with zero attached hydrogens (tertiary/aromatic N) is 1. The van der Waals surface area contributed by atoms with Crippen LogP contribution < -0.4 is 0 Å². The molecular formula is C8H13N. The molecule has 0 amide bonds. The van der Waals surface area contributed by atoms with E-state index in [0.717, 1.165) is 12.3 Å². The molecule has 0 N–H and O–H groups in total. The smallest absolute Gasteiger partial charge is 0.0624 e. The monoisotopic (exact) mass is 123 g/mol. The van der Waals surface area contributed by atoms with Crippen LogP contribution in [0.15, 0.2) is 0 Å². The van der Waals surface area contributed by atoms with Gasteiger partial charge in [0, 0.05) is 6.42 Å². The lowest BCUT2D eigenvalue weighted by molar-refractivity contribution is 0.223. The average Bonchev–Trinajstić information content (AvgIpc) is 1.60. The van der Waals surface area contributed by atoms with E-state index in [4.69, 9.17) is 5.26 Å². The molecule has 1 rings (SSSR count). The van der Waals surface area contributed by atoms with Gasteiger partial charge in [-0.3, -0.25) is 0 Å². The van der Waals surface area contributed by atoms with Crippen LogP contribution in [-0.2, 0) is 0 Å². The summed E-state index contributed by atoms with van der Waals surface area (Å²) in [7, 11) is 0. The van der Waals surface area contributed by atoms with E-state index in [2.05, 4.69) is 13.0 Å². The van der Waals surface area contributed by atoms with Gasteiger partial charge in [0.25, 0.3) is 0 Å². The summed E-state index contributed by atoms with van der Waals surface area (Å²) in [6, 6.07) is 2.22. The molecule has 1 fully saturated rings. The van der Waals surface area contributed by atoms with E-state index >= 15 is 0 Å². The Balaban J connectivity index is 2.17. The Morgan fingerprint density at radius 1 is 1.67 bits per heavy atom. The van der Waals surface area contributed by atoms with Crippen LogP contribution in [-0.4, -0.2) is 0 Å². The molecule has 0 aromatic heterocycles. The van der Waals surface area contributed by atoms with E-state index in [1.807, 2.05) is 0 Å². The van der Waals surface area contributed by atoms with E-state index in [0.29, 0.717) is 5.92 Å². The van der Waals surface area contributed by atoms with Crippen molar-refractivity contribution in [3.63, 3.8) is 0 Å². The standard InChI is InChI=1S/C8H13N/c1-7(5-6-9)8-3-2-4-8/h7-8H,2-5H2,1H3. The summed E-state index contributed by atoms with van der Waals surface area (Å²) in [5.41, 5.74) is 0. The number of hydrogen-bond acceptors (Lipinski definition) is 1. The highest BCUT2D eigenvalue weighted by atomic mass is 14.3. The highest BCUT2D eigenvalue weighted by molar-refractivity contribution is 4.81. The number of nitriles is 1. The minimum absolute atomic E-state index is 0.656. The quantitative estimate of drug-likeness (QED) is 0.553. The molecular weight excluding hydrogens is 110 g/mol. The molecule has 0 spiro atoms. The number of hydrogen-bond donors (Lipinski definition) is 0. The zero-order valence-electron chi connectivity index (χ0n) is 5.93. The fourth-order valence-electron chi connectivity index (χ4n) is 1.32. The van der Waals surface area contributed by atoms with Crippen molar-refractivity contribution in [3.8, 4) is 6.07 Å². The van der Waals surface area contributed by atoms with Crippen LogP contribution in [0.1, 0.15) is 32.6 Å². The van der Waals surface area contributed by atoms with Crippen molar-refractivity contribution in [1.82, 2.24) is 0 Å². The molecule has 0 saturated heterocycles. The van der Waals surface area contributed by atoms with Crippen molar-refractivity contribution in [2.75, 3.05) is 0 Å². The van der Waals surface area contributed by atoms with Crippen LogP contribution >= 0.6 is 0 Å². The normalized spacial score (nSPS) is 22.2. The molecule has 1 unspecified atom stereocenters. The van der Waals surface area contributed by atoms with Crippen LogP contribution in [0.3, 0.4) is 0 Å². The molecule has 0 heterocycles. The Hall–Kier alpha value is -0.510. The molecule has 1 nitrogen and oxygen atoms in total. The summed E-state index contributed by atoms with van der Waals surface area (Å²) in [6.07, 6.45) is 4.87. The van der Waals surface area contributed by atoms with Gasteiger partial charge in [-0.05, 0) is 11.8 Å². The van der Waals surface area contributed by atoms with Crippen LogP contribution in [0, 0.1) is 23.2 Å². The second-order valence-corrected chi connectivity index (χ2v) is 3.03. The molecule has 50 valence electrons. The van der Waals surface area contributed by atoms with E-state index in [9.17, 15) is 0 Å². The predicted octanol–water partition coefficient (Wildman–Crippen LogP) is 2.34. The van der Waals surface area contributed by atoms with Gasteiger partial charge >= 0.3 is 0 Å². The maximum Gasteiger partial charge on any atom is 0.0624 e. The molecule has 0 bridgehead atoms. The Morgan fingerprint density at radius 2 is 2.33 bits per heavy atom. The second-order valence-electron chi connectivity index (χ2n) is 3.03. The summed E-state index contributed by atoms with van der Waals surface area (Å²) in [5, 5.41) is 8.36. The summed E-state index contributed by atoms with van der Waals surface area (Å²) in [6.45, 7) is 2.19. The summed E-state index contributed by atoms with van der Waals surface area (Å²) >= 11 is 0. The lowest BCUT2D eigenvalue weighted by atomic mass is 9.76. The van der Waals surface area contributed by atoms with E-state index in [1.54, 1.807) is 0 Å². The average molecular weight is 123 g/mol. The van der Waals surface area contributed by atoms with Crippen molar-refractivity contribution in [2.45, 2.75) is 32.6 Å². The first-order chi connectivity index (χ1) is 4.34. The molecule has 1 saturated carbocycles. The largest absolute Gasteiger partial charge is 0.198 e. The highest BCUT2D eigenvalue weighted by Crippen LogP contribution is 2.34. The van der Waals surface area contributed by atoms with E-state index in [1.165, 1.54) is 19.3 Å². The molecule has 0 radical (unpaired) electrons. The Labute approximate surface area is 56.7 Å². The molecule has 0 aromatic rings. The predicted molar refractivity (Wildman–Crippen MR) is 36.7 cm³/mol. The second kappa shape index (κ2) is 2.87.